The number of alkyl halides is 3. The minimum Gasteiger partial charge on any atom is -0.399 e. The van der Waals surface area contributed by atoms with Gasteiger partial charge in [-0.1, -0.05) is 42.8 Å². The molecule has 6 nitrogen and oxygen atoms in total. The van der Waals surface area contributed by atoms with E-state index in [9.17, 15) is 22.8 Å². The molecular weight excluding hydrogens is 493 g/mol. The SMILES string of the molecule is CC1=CC(CCCCN2CCC(NC(=O)c3cccc(N)c3)CC2)(C(=O)NCC(F)(F)F)c2ccccc21. The molecule has 1 aliphatic heterocycles. The molecule has 2 aliphatic rings. The van der Waals surface area contributed by atoms with E-state index in [4.69, 9.17) is 5.73 Å². The minimum atomic E-state index is -4.46. The molecule has 1 unspecified atom stereocenters. The van der Waals surface area contributed by atoms with E-state index in [1.807, 2.05) is 37.3 Å². The summed E-state index contributed by atoms with van der Waals surface area (Å²) in [5, 5.41) is 5.22. The number of carbonyl (C=O) groups excluding carboxylic acids is 2. The number of hydrogen-bond acceptors (Lipinski definition) is 4. The molecule has 0 aromatic heterocycles. The number of anilines is 1. The Morgan fingerprint density at radius 2 is 1.82 bits per heavy atom. The van der Waals surface area contributed by atoms with Crippen molar-refractivity contribution in [2.45, 2.75) is 56.7 Å². The number of likely N-dealkylation sites (tertiary alicyclic amines) is 1. The fraction of sp³-hybridized carbons (Fsp3) is 0.448. The molecule has 38 heavy (non-hydrogen) atoms. The Balaban J connectivity index is 1.29. The number of halogens is 3. The van der Waals surface area contributed by atoms with E-state index >= 15 is 0 Å². The number of piperidine rings is 1. The van der Waals surface area contributed by atoms with Crippen molar-refractivity contribution < 1.29 is 22.8 Å². The lowest BCUT2D eigenvalue weighted by molar-refractivity contribution is -0.141. The summed E-state index contributed by atoms with van der Waals surface area (Å²) < 4.78 is 38.5. The molecule has 0 spiro atoms. The molecule has 9 heteroatoms. The van der Waals surface area contributed by atoms with Crippen LogP contribution in [0.2, 0.25) is 0 Å². The number of allylic oxidation sites excluding steroid dienone is 1. The van der Waals surface area contributed by atoms with E-state index in [2.05, 4.69) is 15.5 Å². The third-order valence-corrected chi connectivity index (χ3v) is 7.52. The average Bonchev–Trinajstić information content (AvgIpc) is 3.18. The first-order chi connectivity index (χ1) is 18.1. The molecule has 1 aliphatic carbocycles. The largest absolute Gasteiger partial charge is 0.405 e. The summed E-state index contributed by atoms with van der Waals surface area (Å²) in [6, 6.07) is 14.5. The summed E-state index contributed by atoms with van der Waals surface area (Å²) in [6.45, 7) is 3.08. The van der Waals surface area contributed by atoms with Gasteiger partial charge in [-0.15, -0.1) is 0 Å². The first-order valence-corrected chi connectivity index (χ1v) is 13.1. The summed E-state index contributed by atoms with van der Waals surface area (Å²) in [4.78, 5) is 28.0. The standard InChI is InChI=1S/C29H35F3N4O2/c1-20-18-28(25-10-3-2-9-24(20)25,27(38)34-19-29(30,31)32)13-4-5-14-36-15-11-23(12-16-36)35-26(37)21-7-6-8-22(33)17-21/h2-3,6-10,17-18,23H,4-5,11-16,19,33H2,1H3,(H,34,38)(H,35,37). The van der Waals surface area contributed by atoms with Gasteiger partial charge >= 0.3 is 6.18 Å². The van der Waals surface area contributed by atoms with Gasteiger partial charge < -0.3 is 21.3 Å². The van der Waals surface area contributed by atoms with Crippen LogP contribution < -0.4 is 16.4 Å². The van der Waals surface area contributed by atoms with Gasteiger partial charge in [0.25, 0.3) is 5.91 Å². The number of fused-ring (bicyclic) bond motifs is 1. The maximum absolute atomic E-state index is 13.2. The molecule has 2 aromatic rings. The van der Waals surface area contributed by atoms with Crippen molar-refractivity contribution in [1.82, 2.24) is 15.5 Å². The van der Waals surface area contributed by atoms with Crippen LogP contribution in [-0.2, 0) is 10.2 Å². The first kappa shape index (κ1) is 27.7. The Kier molecular flexibility index (Phi) is 8.45. The highest BCUT2D eigenvalue weighted by Gasteiger charge is 2.44. The molecule has 4 rings (SSSR count). The molecule has 2 amide bonds. The molecule has 204 valence electrons. The van der Waals surface area contributed by atoms with Gasteiger partial charge in [0.15, 0.2) is 0 Å². The van der Waals surface area contributed by atoms with Crippen LogP contribution >= 0.6 is 0 Å². The second-order valence-electron chi connectivity index (χ2n) is 10.3. The van der Waals surface area contributed by atoms with E-state index < -0.39 is 24.0 Å². The van der Waals surface area contributed by atoms with Gasteiger partial charge in [-0.25, -0.2) is 0 Å². The van der Waals surface area contributed by atoms with Crippen molar-refractivity contribution in [2.75, 3.05) is 31.9 Å². The number of amides is 2. The highest BCUT2D eigenvalue weighted by Crippen LogP contribution is 2.44. The number of unbranched alkanes of at least 4 members (excludes halogenated alkanes) is 1. The van der Waals surface area contributed by atoms with Crippen LogP contribution in [-0.4, -0.2) is 55.1 Å². The van der Waals surface area contributed by atoms with Gasteiger partial charge in [0.1, 0.15) is 6.54 Å². The predicted octanol–water partition coefficient (Wildman–Crippen LogP) is 4.67. The molecular formula is C29H35F3N4O2. The monoisotopic (exact) mass is 528 g/mol. The van der Waals surface area contributed by atoms with Crippen molar-refractivity contribution in [1.29, 1.82) is 0 Å². The van der Waals surface area contributed by atoms with Crippen molar-refractivity contribution in [2.24, 2.45) is 0 Å². The van der Waals surface area contributed by atoms with Crippen LogP contribution in [0.15, 0.2) is 54.6 Å². The highest BCUT2D eigenvalue weighted by molar-refractivity contribution is 5.97. The van der Waals surface area contributed by atoms with E-state index in [1.165, 1.54) is 0 Å². The van der Waals surface area contributed by atoms with Crippen LogP contribution in [0.25, 0.3) is 5.57 Å². The van der Waals surface area contributed by atoms with Crippen LogP contribution in [0.4, 0.5) is 18.9 Å². The lowest BCUT2D eigenvalue weighted by atomic mass is 9.77. The van der Waals surface area contributed by atoms with Gasteiger partial charge in [-0.05, 0) is 74.1 Å². The maximum Gasteiger partial charge on any atom is 0.405 e. The molecule has 0 saturated carbocycles. The number of nitrogen functional groups attached to an aromatic ring is 1. The zero-order valence-corrected chi connectivity index (χ0v) is 21.6. The number of nitrogens with zero attached hydrogens (tertiary/aromatic N) is 1. The molecule has 4 N–H and O–H groups in total. The Hall–Kier alpha value is -3.33. The third-order valence-electron chi connectivity index (χ3n) is 7.52. The smallest absolute Gasteiger partial charge is 0.399 e. The Labute approximate surface area is 221 Å². The zero-order valence-electron chi connectivity index (χ0n) is 21.6. The van der Waals surface area contributed by atoms with E-state index in [1.54, 1.807) is 24.3 Å². The van der Waals surface area contributed by atoms with Crippen LogP contribution in [0.5, 0.6) is 0 Å². The predicted molar refractivity (Wildman–Crippen MR) is 142 cm³/mol. The fourth-order valence-corrected chi connectivity index (χ4v) is 5.58. The first-order valence-electron chi connectivity index (χ1n) is 13.1. The van der Waals surface area contributed by atoms with E-state index in [0.717, 1.165) is 55.6 Å². The number of benzene rings is 2. The minimum absolute atomic E-state index is 0.101. The molecule has 2 aromatic carbocycles. The van der Waals surface area contributed by atoms with Crippen LogP contribution in [0.3, 0.4) is 0 Å². The van der Waals surface area contributed by atoms with Crippen LogP contribution in [0.1, 0.15) is 60.5 Å². The molecule has 1 atom stereocenters. The number of carbonyl (C=O) groups is 2. The van der Waals surface area contributed by atoms with Gasteiger partial charge in [0.2, 0.25) is 5.91 Å². The molecule has 0 bridgehead atoms. The lowest BCUT2D eigenvalue weighted by Crippen LogP contribution is -2.46. The molecule has 1 heterocycles. The maximum atomic E-state index is 13.2. The summed E-state index contributed by atoms with van der Waals surface area (Å²) in [5.74, 6) is -0.721. The topological polar surface area (TPSA) is 87.5 Å². The second kappa shape index (κ2) is 11.6. The fourth-order valence-electron chi connectivity index (χ4n) is 5.58. The quantitative estimate of drug-likeness (QED) is 0.326. The molecule has 1 saturated heterocycles. The number of hydrogen-bond donors (Lipinski definition) is 3. The Morgan fingerprint density at radius 1 is 1.08 bits per heavy atom. The third kappa shape index (κ3) is 6.56. The molecule has 1 fully saturated rings. The summed E-state index contributed by atoms with van der Waals surface area (Å²) in [6.07, 6.45) is 1.01. The van der Waals surface area contributed by atoms with Crippen molar-refractivity contribution in [3.63, 3.8) is 0 Å². The summed E-state index contributed by atoms with van der Waals surface area (Å²) >= 11 is 0. The molecule has 0 radical (unpaired) electrons. The van der Waals surface area contributed by atoms with Gasteiger partial charge in [0.05, 0.1) is 5.41 Å². The van der Waals surface area contributed by atoms with Crippen LogP contribution in [0, 0.1) is 0 Å². The zero-order chi connectivity index (χ0) is 27.3. The van der Waals surface area contributed by atoms with Crippen molar-refractivity contribution in [3.05, 3.63) is 71.3 Å². The number of nitrogens with two attached hydrogens (primary N) is 1. The average molecular weight is 529 g/mol. The van der Waals surface area contributed by atoms with Gasteiger partial charge in [-0.3, -0.25) is 9.59 Å². The van der Waals surface area contributed by atoms with E-state index in [-0.39, 0.29) is 11.9 Å². The van der Waals surface area contributed by atoms with Gasteiger partial charge in [0, 0.05) is 30.4 Å². The Morgan fingerprint density at radius 3 is 2.53 bits per heavy atom. The Bertz CT molecular complexity index is 1190. The van der Waals surface area contributed by atoms with Crippen molar-refractivity contribution in [3.8, 4) is 0 Å². The normalized spacial score (nSPS) is 20.1. The number of nitrogens with one attached hydrogen (secondary N) is 2. The van der Waals surface area contributed by atoms with Gasteiger partial charge in [-0.2, -0.15) is 13.2 Å². The second-order valence-corrected chi connectivity index (χ2v) is 10.3. The highest BCUT2D eigenvalue weighted by atomic mass is 19.4. The summed E-state index contributed by atoms with van der Waals surface area (Å²) in [7, 11) is 0. The van der Waals surface area contributed by atoms with E-state index in [0.29, 0.717) is 24.1 Å². The lowest BCUT2D eigenvalue weighted by Gasteiger charge is -2.33. The number of rotatable bonds is 9. The summed E-state index contributed by atoms with van der Waals surface area (Å²) in [5.41, 5.74) is 8.38. The van der Waals surface area contributed by atoms with Crippen molar-refractivity contribution >= 4 is 23.1 Å².